The molecule has 5 nitrogen and oxygen atoms in total. The van der Waals surface area contributed by atoms with Crippen molar-refractivity contribution in [2.24, 2.45) is 40.6 Å². The summed E-state index contributed by atoms with van der Waals surface area (Å²) in [5.74, 6) is 0.794. The number of allylic oxidation sites excluding steroid dienone is 2. The highest BCUT2D eigenvalue weighted by Gasteiger charge is 2.67. The molecule has 2 amide bonds. The van der Waals surface area contributed by atoms with Crippen LogP contribution in [0.5, 0.6) is 0 Å². The number of halogens is 2. The predicted octanol–water partition coefficient (Wildman–Crippen LogP) is 4.79. The summed E-state index contributed by atoms with van der Waals surface area (Å²) in [6.07, 6.45) is 7.10. The lowest BCUT2D eigenvalue weighted by atomic mass is 9.63. The number of aryl methyl sites for hydroxylation is 1. The molecule has 2 heterocycles. The van der Waals surface area contributed by atoms with Gasteiger partial charge in [0, 0.05) is 22.0 Å². The van der Waals surface area contributed by atoms with Crippen molar-refractivity contribution >= 4 is 41.2 Å². The van der Waals surface area contributed by atoms with Crippen LogP contribution in [0, 0.1) is 49.4 Å². The number of carbonyl (C=O) groups excluding carboxylic acids is 2. The molecule has 2 aromatic rings. The fourth-order valence-corrected chi connectivity index (χ4v) is 6.49. The van der Waals surface area contributed by atoms with Crippen molar-refractivity contribution in [1.82, 2.24) is 9.58 Å². The first-order valence-electron chi connectivity index (χ1n) is 10.6. The molecule has 0 N–H and O–H groups in total. The first kappa shape index (κ1) is 19.3. The topological polar surface area (TPSA) is 54.7 Å². The number of hydrazone groups is 1. The van der Waals surface area contributed by atoms with Gasteiger partial charge in [0.1, 0.15) is 0 Å². The molecule has 0 radical (unpaired) electrons. The Hall–Kier alpha value is -2.37. The Bertz CT molecular complexity index is 1180. The second kappa shape index (κ2) is 6.57. The van der Waals surface area contributed by atoms with Gasteiger partial charge in [-0.3, -0.25) is 9.59 Å². The van der Waals surface area contributed by atoms with Crippen molar-refractivity contribution in [2.75, 3.05) is 0 Å². The van der Waals surface area contributed by atoms with Crippen LogP contribution in [0.25, 0.3) is 5.69 Å². The van der Waals surface area contributed by atoms with Gasteiger partial charge in [0.25, 0.3) is 11.8 Å². The third kappa shape index (κ3) is 2.66. The van der Waals surface area contributed by atoms with Gasteiger partial charge >= 0.3 is 0 Å². The van der Waals surface area contributed by atoms with Crippen LogP contribution in [0.4, 0.5) is 0 Å². The molecule has 2 saturated carbocycles. The number of carbonyl (C=O) groups is 2. The minimum absolute atomic E-state index is 0.150. The second-order valence-electron chi connectivity index (χ2n) is 9.15. The zero-order valence-corrected chi connectivity index (χ0v) is 18.6. The summed E-state index contributed by atoms with van der Waals surface area (Å²) in [5, 5.41) is 6.68. The predicted molar refractivity (Wildman–Crippen MR) is 119 cm³/mol. The molecule has 158 valence electrons. The van der Waals surface area contributed by atoms with Crippen LogP contribution in [-0.4, -0.2) is 27.6 Å². The zero-order valence-electron chi connectivity index (χ0n) is 17.1. The molecule has 6 atom stereocenters. The van der Waals surface area contributed by atoms with Crippen LogP contribution in [0.3, 0.4) is 0 Å². The summed E-state index contributed by atoms with van der Waals surface area (Å²) in [4.78, 5) is 26.2. The number of rotatable bonds is 3. The first-order chi connectivity index (χ1) is 14.9. The number of nitrogens with zero attached hydrogens (tertiary/aromatic N) is 3. The summed E-state index contributed by atoms with van der Waals surface area (Å²) in [5.41, 5.74) is 3.47. The number of hydrogen-bond acceptors (Lipinski definition) is 3. The van der Waals surface area contributed by atoms with Crippen LogP contribution in [0.1, 0.15) is 23.4 Å². The van der Waals surface area contributed by atoms with E-state index in [-0.39, 0.29) is 35.5 Å². The van der Waals surface area contributed by atoms with E-state index in [1.54, 1.807) is 18.3 Å². The SMILES string of the molecule is Cc1cc(/C=N\N2C(=O)[C@@H]3[C@H]4C=C[C@@H]([C@@H]5C[C@H]45)[C@@H]3C2=O)c(C)n1-c1cc(Cl)ccc1Cl. The Morgan fingerprint density at radius 2 is 1.65 bits per heavy atom. The highest BCUT2D eigenvalue weighted by Crippen LogP contribution is 2.65. The highest BCUT2D eigenvalue weighted by molar-refractivity contribution is 6.34. The Morgan fingerprint density at radius 3 is 2.29 bits per heavy atom. The van der Waals surface area contributed by atoms with Crippen molar-refractivity contribution in [3.63, 3.8) is 0 Å². The van der Waals surface area contributed by atoms with Gasteiger partial charge in [-0.25, -0.2) is 0 Å². The lowest BCUT2D eigenvalue weighted by Crippen LogP contribution is -2.40. The monoisotopic (exact) mass is 453 g/mol. The molecule has 0 spiro atoms. The van der Waals surface area contributed by atoms with E-state index >= 15 is 0 Å². The van der Waals surface area contributed by atoms with Gasteiger partial charge in [0.2, 0.25) is 0 Å². The number of amides is 2. The number of benzene rings is 1. The van der Waals surface area contributed by atoms with Crippen LogP contribution >= 0.6 is 23.2 Å². The average Bonchev–Trinajstić information content (AvgIpc) is 3.47. The van der Waals surface area contributed by atoms with Crippen molar-refractivity contribution < 1.29 is 9.59 Å². The highest BCUT2D eigenvalue weighted by atomic mass is 35.5. The molecule has 4 aliphatic carbocycles. The molecule has 7 rings (SSSR count). The summed E-state index contributed by atoms with van der Waals surface area (Å²) in [7, 11) is 0. The minimum atomic E-state index is -0.235. The van der Waals surface area contributed by atoms with E-state index in [1.807, 2.05) is 30.5 Å². The lowest BCUT2D eigenvalue weighted by molar-refractivity contribution is -0.140. The number of hydrogen-bond donors (Lipinski definition) is 0. The van der Waals surface area contributed by atoms with Gasteiger partial charge in [-0.2, -0.15) is 10.1 Å². The maximum absolute atomic E-state index is 13.1. The Balaban J connectivity index is 1.32. The minimum Gasteiger partial charge on any atom is -0.316 e. The molecule has 5 aliphatic rings. The molecular formula is C24H21Cl2N3O2. The van der Waals surface area contributed by atoms with Crippen molar-refractivity contribution in [1.29, 1.82) is 0 Å². The van der Waals surface area contributed by atoms with Crippen LogP contribution in [-0.2, 0) is 9.59 Å². The number of aromatic nitrogens is 1. The smallest absolute Gasteiger partial charge is 0.254 e. The molecule has 7 heteroatoms. The van der Waals surface area contributed by atoms with Crippen LogP contribution in [0.2, 0.25) is 10.0 Å². The van der Waals surface area contributed by atoms with Crippen molar-refractivity contribution in [2.45, 2.75) is 20.3 Å². The van der Waals surface area contributed by atoms with Gasteiger partial charge in [0.05, 0.1) is 28.8 Å². The Labute approximate surface area is 190 Å². The van der Waals surface area contributed by atoms with Gasteiger partial charge < -0.3 is 4.57 Å². The van der Waals surface area contributed by atoms with Crippen molar-refractivity contribution in [3.05, 3.63) is 63.4 Å². The quantitative estimate of drug-likeness (QED) is 0.381. The molecule has 3 fully saturated rings. The van der Waals surface area contributed by atoms with Crippen molar-refractivity contribution in [3.8, 4) is 5.69 Å². The molecular weight excluding hydrogens is 433 g/mol. The fourth-order valence-electron chi connectivity index (χ4n) is 6.12. The number of imide groups is 1. The molecule has 1 aromatic carbocycles. The van der Waals surface area contributed by atoms with Gasteiger partial charge in [0.15, 0.2) is 0 Å². The summed E-state index contributed by atoms with van der Waals surface area (Å²) < 4.78 is 2.00. The van der Waals surface area contributed by atoms with Crippen LogP contribution < -0.4 is 0 Å². The Kier molecular flexibility index (Phi) is 4.09. The summed E-state index contributed by atoms with van der Waals surface area (Å²) in [6, 6.07) is 7.30. The maximum Gasteiger partial charge on any atom is 0.254 e. The fraction of sp³-hybridized carbons (Fsp3) is 0.375. The van der Waals surface area contributed by atoms with Crippen LogP contribution in [0.15, 0.2) is 41.5 Å². The maximum atomic E-state index is 13.1. The molecule has 0 unspecified atom stereocenters. The van der Waals surface area contributed by atoms with E-state index in [1.165, 1.54) is 0 Å². The van der Waals surface area contributed by atoms with E-state index in [4.69, 9.17) is 23.2 Å². The normalized spacial score (nSPS) is 32.8. The molecule has 1 saturated heterocycles. The first-order valence-corrected chi connectivity index (χ1v) is 11.4. The van der Waals surface area contributed by atoms with E-state index in [0.717, 1.165) is 34.1 Å². The van der Waals surface area contributed by atoms with Gasteiger partial charge in [-0.1, -0.05) is 35.4 Å². The molecule has 1 aromatic heterocycles. The Morgan fingerprint density at radius 1 is 1.00 bits per heavy atom. The van der Waals surface area contributed by atoms with Gasteiger partial charge in [-0.05, 0) is 68.2 Å². The van der Waals surface area contributed by atoms with E-state index in [0.29, 0.717) is 21.9 Å². The molecule has 2 bridgehead atoms. The third-order valence-corrected chi connectivity index (χ3v) is 8.13. The summed E-state index contributed by atoms with van der Waals surface area (Å²) >= 11 is 12.6. The van der Waals surface area contributed by atoms with Gasteiger partial charge in [-0.15, -0.1) is 0 Å². The molecule has 1 aliphatic heterocycles. The largest absolute Gasteiger partial charge is 0.316 e. The molecule has 31 heavy (non-hydrogen) atoms. The zero-order chi connectivity index (χ0) is 21.6. The van der Waals surface area contributed by atoms with E-state index in [2.05, 4.69) is 17.3 Å². The second-order valence-corrected chi connectivity index (χ2v) is 9.99. The average molecular weight is 454 g/mol. The summed E-state index contributed by atoms with van der Waals surface area (Å²) in [6.45, 7) is 3.93. The lowest BCUT2D eigenvalue weighted by Gasteiger charge is -2.37. The van der Waals surface area contributed by atoms with E-state index in [9.17, 15) is 9.59 Å². The third-order valence-electron chi connectivity index (χ3n) is 7.57. The van der Waals surface area contributed by atoms with E-state index < -0.39 is 0 Å². The standard InChI is InChI=1S/C24H21Cl2N3O2/c1-11-7-13(12(2)28(11)20-8-14(25)3-6-19(20)26)10-27-29-23(30)21-15-4-5-16(18-9-17(15)18)22(21)24(29)31/h3-8,10,15-18,21-22H,9H2,1-2H3/b27-10-/t15-,16-,17-,18+,21-,22+/m0/s1.